The van der Waals surface area contributed by atoms with Gasteiger partial charge < -0.3 is 5.73 Å². The molecule has 2 N–H and O–H groups in total. The quantitative estimate of drug-likeness (QED) is 0.882. The Kier molecular flexibility index (Phi) is 3.71. The van der Waals surface area contributed by atoms with Gasteiger partial charge in [0.15, 0.2) is 0 Å². The molecule has 0 atom stereocenters. The Labute approximate surface area is 114 Å². The lowest BCUT2D eigenvalue weighted by molar-refractivity contribution is 0.618. The molecule has 0 fully saturated rings. The third-order valence-corrected chi connectivity index (χ3v) is 3.46. The number of anilines is 1. The average Bonchev–Trinajstić information content (AvgIpc) is 2.77. The van der Waals surface area contributed by atoms with E-state index in [2.05, 4.69) is 21.0 Å². The topological polar surface area (TPSA) is 43.8 Å². The molecule has 0 aliphatic carbocycles. The first-order valence-corrected chi connectivity index (χ1v) is 6.68. The Hall–Kier alpha value is -1.36. The summed E-state index contributed by atoms with van der Waals surface area (Å²) >= 11 is 3.12. The maximum Gasteiger partial charge on any atom is 0.139 e. The van der Waals surface area contributed by atoms with Gasteiger partial charge >= 0.3 is 0 Å². The zero-order chi connectivity index (χ0) is 13.3. The van der Waals surface area contributed by atoms with Crippen molar-refractivity contribution in [3.8, 4) is 5.69 Å². The maximum atomic E-state index is 13.6. The van der Waals surface area contributed by atoms with Gasteiger partial charge in [0, 0.05) is 11.8 Å². The minimum atomic E-state index is -0.338. The lowest BCUT2D eigenvalue weighted by Gasteiger charge is -2.10. The molecule has 1 aromatic heterocycles. The summed E-state index contributed by atoms with van der Waals surface area (Å²) in [5, 5.41) is 4.46. The van der Waals surface area contributed by atoms with E-state index in [4.69, 9.17) is 5.73 Å². The highest BCUT2D eigenvalue weighted by Gasteiger charge is 2.12. The van der Waals surface area contributed by atoms with Gasteiger partial charge in [0.05, 0.1) is 21.5 Å². The summed E-state index contributed by atoms with van der Waals surface area (Å²) in [6.07, 6.45) is 1.67. The van der Waals surface area contributed by atoms with Gasteiger partial charge in [-0.2, -0.15) is 5.10 Å². The van der Waals surface area contributed by atoms with Crippen LogP contribution in [0.1, 0.15) is 25.2 Å². The number of halogens is 2. The predicted molar refractivity (Wildman–Crippen MR) is 74.4 cm³/mol. The van der Waals surface area contributed by atoms with Crippen LogP contribution in [-0.4, -0.2) is 9.78 Å². The van der Waals surface area contributed by atoms with Crippen LogP contribution in [0, 0.1) is 5.82 Å². The molecule has 2 rings (SSSR count). The lowest BCUT2D eigenvalue weighted by Crippen LogP contribution is -2.06. The third-order valence-electron chi connectivity index (χ3n) is 2.86. The molecule has 0 spiro atoms. The van der Waals surface area contributed by atoms with Crippen LogP contribution in [0.2, 0.25) is 0 Å². The minimum Gasteiger partial charge on any atom is -0.397 e. The van der Waals surface area contributed by atoms with Crippen LogP contribution in [-0.2, 0) is 12.8 Å². The normalized spacial score (nSPS) is 10.9. The zero-order valence-corrected chi connectivity index (χ0v) is 12.0. The van der Waals surface area contributed by atoms with Crippen molar-refractivity contribution in [1.82, 2.24) is 9.78 Å². The number of nitrogen functional groups attached to an aromatic ring is 1. The van der Waals surface area contributed by atoms with Gasteiger partial charge in [0.25, 0.3) is 0 Å². The Bertz CT molecular complexity index is 578. The van der Waals surface area contributed by atoms with E-state index >= 15 is 0 Å². The first-order valence-electron chi connectivity index (χ1n) is 5.89. The molecule has 0 saturated heterocycles. The Morgan fingerprint density at radius 3 is 2.61 bits per heavy atom. The fourth-order valence-corrected chi connectivity index (χ4v) is 2.20. The molecule has 1 heterocycles. The van der Waals surface area contributed by atoms with Gasteiger partial charge in [-0.15, -0.1) is 0 Å². The van der Waals surface area contributed by atoms with Crippen LogP contribution in [0.3, 0.4) is 0 Å². The number of aryl methyl sites for hydroxylation is 2. The van der Waals surface area contributed by atoms with E-state index in [-0.39, 0.29) is 5.82 Å². The standard InChI is InChI=1S/C13H15BrFN3/c1-3-8-5-9(4-2)18(17-8)13-7-11(15)10(14)6-12(13)16/h5-7H,3-4,16H2,1-2H3. The second-order valence-electron chi connectivity index (χ2n) is 4.07. The van der Waals surface area contributed by atoms with Gasteiger partial charge in [0.1, 0.15) is 5.82 Å². The third kappa shape index (κ3) is 2.27. The predicted octanol–water partition coefficient (Wildman–Crippen LogP) is 3.48. The summed E-state index contributed by atoms with van der Waals surface area (Å²) in [5.41, 5.74) is 9.04. The summed E-state index contributed by atoms with van der Waals surface area (Å²) in [4.78, 5) is 0. The van der Waals surface area contributed by atoms with Gasteiger partial charge in [0.2, 0.25) is 0 Å². The van der Waals surface area contributed by atoms with Gasteiger partial charge in [-0.25, -0.2) is 9.07 Å². The molecule has 18 heavy (non-hydrogen) atoms. The molecule has 0 radical (unpaired) electrons. The number of nitrogens with two attached hydrogens (primary N) is 1. The number of nitrogens with zero attached hydrogens (tertiary/aromatic N) is 2. The monoisotopic (exact) mass is 311 g/mol. The van der Waals surface area contributed by atoms with E-state index in [1.807, 2.05) is 19.9 Å². The van der Waals surface area contributed by atoms with Crippen molar-refractivity contribution in [1.29, 1.82) is 0 Å². The number of hydrogen-bond donors (Lipinski definition) is 1. The van der Waals surface area contributed by atoms with Crippen LogP contribution < -0.4 is 5.73 Å². The van der Waals surface area contributed by atoms with E-state index in [1.165, 1.54) is 6.07 Å². The van der Waals surface area contributed by atoms with Crippen LogP contribution in [0.5, 0.6) is 0 Å². The number of hydrogen-bond acceptors (Lipinski definition) is 2. The lowest BCUT2D eigenvalue weighted by atomic mass is 10.2. The fourth-order valence-electron chi connectivity index (χ4n) is 1.84. The summed E-state index contributed by atoms with van der Waals surface area (Å²) in [6.45, 7) is 4.08. The minimum absolute atomic E-state index is 0.338. The molecule has 5 heteroatoms. The van der Waals surface area contributed by atoms with Crippen molar-refractivity contribution in [3.05, 3.63) is 39.9 Å². The molecule has 1 aromatic carbocycles. The largest absolute Gasteiger partial charge is 0.397 e. The number of benzene rings is 1. The highest BCUT2D eigenvalue weighted by atomic mass is 79.9. The smallest absolute Gasteiger partial charge is 0.139 e. The summed E-state index contributed by atoms with van der Waals surface area (Å²) in [5.74, 6) is -0.338. The Morgan fingerprint density at radius 1 is 1.28 bits per heavy atom. The van der Waals surface area contributed by atoms with E-state index in [1.54, 1.807) is 10.7 Å². The SMILES string of the molecule is CCc1cc(CC)n(-c2cc(F)c(Br)cc2N)n1. The first-order chi connectivity index (χ1) is 8.56. The van der Waals surface area contributed by atoms with Gasteiger partial charge in [-0.05, 0) is 40.9 Å². The summed E-state index contributed by atoms with van der Waals surface area (Å²) in [7, 11) is 0. The summed E-state index contributed by atoms with van der Waals surface area (Å²) in [6, 6.07) is 5.00. The first kappa shape index (κ1) is 13.1. The fraction of sp³-hybridized carbons (Fsp3) is 0.308. The molecular weight excluding hydrogens is 297 g/mol. The van der Waals surface area contributed by atoms with Gasteiger partial charge in [-0.3, -0.25) is 0 Å². The van der Waals surface area contributed by atoms with Crippen molar-refractivity contribution < 1.29 is 4.39 Å². The van der Waals surface area contributed by atoms with Crippen LogP contribution in [0.25, 0.3) is 5.69 Å². The van der Waals surface area contributed by atoms with Crippen molar-refractivity contribution >= 4 is 21.6 Å². The molecule has 0 bridgehead atoms. The molecule has 0 amide bonds. The molecule has 0 unspecified atom stereocenters. The molecule has 2 aromatic rings. The highest BCUT2D eigenvalue weighted by Crippen LogP contribution is 2.26. The molecular formula is C13H15BrFN3. The maximum absolute atomic E-state index is 13.6. The van der Waals surface area contributed by atoms with Crippen molar-refractivity contribution in [2.24, 2.45) is 0 Å². The zero-order valence-electron chi connectivity index (χ0n) is 10.4. The van der Waals surface area contributed by atoms with Crippen LogP contribution >= 0.6 is 15.9 Å². The van der Waals surface area contributed by atoms with E-state index in [9.17, 15) is 4.39 Å². The molecule has 0 saturated carbocycles. The van der Waals surface area contributed by atoms with Gasteiger partial charge in [-0.1, -0.05) is 13.8 Å². The van der Waals surface area contributed by atoms with E-state index < -0.39 is 0 Å². The number of aromatic nitrogens is 2. The molecule has 0 aliphatic rings. The van der Waals surface area contributed by atoms with Crippen molar-refractivity contribution in [3.63, 3.8) is 0 Å². The Balaban J connectivity index is 2.60. The van der Waals surface area contributed by atoms with Crippen molar-refractivity contribution in [2.75, 3.05) is 5.73 Å². The molecule has 3 nitrogen and oxygen atoms in total. The summed E-state index contributed by atoms with van der Waals surface area (Å²) < 4.78 is 15.7. The molecule has 0 aliphatic heterocycles. The second kappa shape index (κ2) is 5.10. The molecule has 96 valence electrons. The van der Waals surface area contributed by atoms with Crippen molar-refractivity contribution in [2.45, 2.75) is 26.7 Å². The van der Waals surface area contributed by atoms with Crippen LogP contribution in [0.4, 0.5) is 10.1 Å². The van der Waals surface area contributed by atoms with Crippen LogP contribution in [0.15, 0.2) is 22.7 Å². The second-order valence-corrected chi connectivity index (χ2v) is 4.93. The highest BCUT2D eigenvalue weighted by molar-refractivity contribution is 9.10. The van der Waals surface area contributed by atoms with E-state index in [0.29, 0.717) is 15.8 Å². The number of rotatable bonds is 3. The van der Waals surface area contributed by atoms with E-state index in [0.717, 1.165) is 24.2 Å². The average molecular weight is 312 g/mol. The Morgan fingerprint density at radius 2 is 2.00 bits per heavy atom.